The van der Waals surface area contributed by atoms with E-state index in [2.05, 4.69) is 35.9 Å². The number of fused-ring (bicyclic) bond motifs is 1. The normalized spacial score (nSPS) is 17.2. The van der Waals surface area contributed by atoms with Crippen molar-refractivity contribution in [3.8, 4) is 0 Å². The zero-order valence-corrected chi connectivity index (χ0v) is 10.2. The summed E-state index contributed by atoms with van der Waals surface area (Å²) in [6.45, 7) is 9.65. The van der Waals surface area contributed by atoms with Gasteiger partial charge in [0, 0.05) is 37.3 Å². The van der Waals surface area contributed by atoms with E-state index in [-0.39, 0.29) is 0 Å². The molecule has 0 unspecified atom stereocenters. The van der Waals surface area contributed by atoms with E-state index < -0.39 is 0 Å². The lowest BCUT2D eigenvalue weighted by Gasteiger charge is -2.32. The summed E-state index contributed by atoms with van der Waals surface area (Å²) in [6, 6.07) is 0. The first-order valence-electron chi connectivity index (χ1n) is 5.73. The number of carbonyl (C=O) groups excluding carboxylic acids is 1. The smallest absolute Gasteiger partial charge is 0.170 e. The predicted molar refractivity (Wildman–Crippen MR) is 62.4 cm³/mol. The average Bonchev–Trinajstić information content (AvgIpc) is 2.57. The summed E-state index contributed by atoms with van der Waals surface area (Å²) >= 11 is 0. The molecule has 0 bridgehead atoms. The Balaban J connectivity index is 2.13. The molecule has 4 nitrogen and oxygen atoms in total. The largest absolute Gasteiger partial charge is 0.298 e. The number of aldehydes is 1. The number of aromatic nitrogens is 2. The highest BCUT2D eigenvalue weighted by molar-refractivity contribution is 5.74. The second kappa shape index (κ2) is 4.01. The Hall–Kier alpha value is -1.16. The highest BCUT2D eigenvalue weighted by Gasteiger charge is 2.24. The van der Waals surface area contributed by atoms with Crippen LogP contribution in [0.1, 0.15) is 42.5 Å². The minimum absolute atomic E-state index is 0.294. The van der Waals surface area contributed by atoms with E-state index in [4.69, 9.17) is 0 Å². The Bertz CT molecular complexity index is 389. The Morgan fingerprint density at radius 3 is 2.88 bits per heavy atom. The Labute approximate surface area is 96.0 Å². The lowest BCUT2D eigenvalue weighted by atomic mass is 9.94. The van der Waals surface area contributed by atoms with Crippen LogP contribution in [-0.4, -0.2) is 34.5 Å². The standard InChI is InChI=1S/C12H19N3O/c1-12(2,3)8-15-5-4-10-9(6-15)11(7-16)14-13-10/h7H,4-6,8H2,1-3H3,(H,13,14). The van der Waals surface area contributed by atoms with Crippen LogP contribution < -0.4 is 0 Å². The van der Waals surface area contributed by atoms with Crippen molar-refractivity contribution in [2.24, 2.45) is 5.41 Å². The van der Waals surface area contributed by atoms with E-state index in [9.17, 15) is 4.79 Å². The van der Waals surface area contributed by atoms with Crippen molar-refractivity contribution in [2.75, 3.05) is 13.1 Å². The highest BCUT2D eigenvalue weighted by Crippen LogP contribution is 2.23. The Kier molecular flexibility index (Phi) is 2.84. The molecule has 0 aromatic carbocycles. The van der Waals surface area contributed by atoms with Crippen molar-refractivity contribution in [3.05, 3.63) is 17.0 Å². The first kappa shape index (κ1) is 11.3. The lowest BCUT2D eigenvalue weighted by Crippen LogP contribution is -2.36. The number of nitrogens with zero attached hydrogens (tertiary/aromatic N) is 2. The van der Waals surface area contributed by atoms with Gasteiger partial charge in [-0.15, -0.1) is 0 Å². The average molecular weight is 221 g/mol. The minimum Gasteiger partial charge on any atom is -0.298 e. The summed E-state index contributed by atoms with van der Waals surface area (Å²) in [5.74, 6) is 0. The molecule has 0 fully saturated rings. The van der Waals surface area contributed by atoms with Gasteiger partial charge in [0.15, 0.2) is 6.29 Å². The Morgan fingerprint density at radius 1 is 1.50 bits per heavy atom. The maximum Gasteiger partial charge on any atom is 0.170 e. The van der Waals surface area contributed by atoms with Crippen LogP contribution >= 0.6 is 0 Å². The lowest BCUT2D eigenvalue weighted by molar-refractivity contribution is 0.111. The minimum atomic E-state index is 0.294. The topological polar surface area (TPSA) is 49.0 Å². The maximum absolute atomic E-state index is 10.8. The van der Waals surface area contributed by atoms with Gasteiger partial charge in [-0.3, -0.25) is 14.8 Å². The molecule has 0 amide bonds. The summed E-state index contributed by atoms with van der Waals surface area (Å²) in [4.78, 5) is 13.2. The summed E-state index contributed by atoms with van der Waals surface area (Å²) < 4.78 is 0. The SMILES string of the molecule is CC(C)(C)CN1CCc2[nH]nc(C=O)c2C1. The van der Waals surface area contributed by atoms with Crippen LogP contribution in [0.5, 0.6) is 0 Å². The van der Waals surface area contributed by atoms with Crippen LogP contribution in [0.15, 0.2) is 0 Å². The van der Waals surface area contributed by atoms with Gasteiger partial charge in [0.25, 0.3) is 0 Å². The molecule has 0 saturated carbocycles. The van der Waals surface area contributed by atoms with Gasteiger partial charge in [0.05, 0.1) is 0 Å². The molecule has 1 aromatic rings. The fourth-order valence-corrected chi connectivity index (χ4v) is 2.28. The summed E-state index contributed by atoms with van der Waals surface area (Å²) in [6.07, 6.45) is 1.81. The van der Waals surface area contributed by atoms with Gasteiger partial charge < -0.3 is 0 Å². The first-order chi connectivity index (χ1) is 7.49. The quantitative estimate of drug-likeness (QED) is 0.772. The van der Waals surface area contributed by atoms with Crippen LogP contribution in [0.25, 0.3) is 0 Å². The van der Waals surface area contributed by atoms with E-state index in [1.165, 1.54) is 0 Å². The van der Waals surface area contributed by atoms with E-state index in [1.807, 2.05) is 0 Å². The predicted octanol–water partition coefficient (Wildman–Crippen LogP) is 1.63. The fraction of sp³-hybridized carbons (Fsp3) is 0.667. The van der Waals surface area contributed by atoms with Crippen LogP contribution in [0, 0.1) is 5.41 Å². The second-order valence-corrected chi connectivity index (χ2v) is 5.71. The van der Waals surface area contributed by atoms with Crippen LogP contribution in [0.4, 0.5) is 0 Å². The van der Waals surface area contributed by atoms with Crippen molar-refractivity contribution >= 4 is 6.29 Å². The van der Waals surface area contributed by atoms with Gasteiger partial charge in [-0.25, -0.2) is 0 Å². The summed E-state index contributed by atoms with van der Waals surface area (Å²) in [5, 5.41) is 6.98. The van der Waals surface area contributed by atoms with Gasteiger partial charge in [-0.2, -0.15) is 5.10 Å². The summed E-state index contributed by atoms with van der Waals surface area (Å²) in [7, 11) is 0. The molecule has 16 heavy (non-hydrogen) atoms. The van der Waals surface area contributed by atoms with E-state index in [0.717, 1.165) is 43.6 Å². The molecule has 1 aliphatic rings. The second-order valence-electron chi connectivity index (χ2n) is 5.71. The van der Waals surface area contributed by atoms with Crippen molar-refractivity contribution < 1.29 is 4.79 Å². The third-order valence-electron chi connectivity index (χ3n) is 2.85. The molecular formula is C12H19N3O. The molecule has 0 spiro atoms. The number of H-pyrrole nitrogens is 1. The molecule has 1 N–H and O–H groups in total. The molecule has 0 atom stereocenters. The number of hydrogen-bond acceptors (Lipinski definition) is 3. The van der Waals surface area contributed by atoms with Gasteiger partial charge in [-0.1, -0.05) is 20.8 Å². The third-order valence-corrected chi connectivity index (χ3v) is 2.85. The molecule has 2 heterocycles. The maximum atomic E-state index is 10.8. The van der Waals surface area contributed by atoms with E-state index >= 15 is 0 Å². The van der Waals surface area contributed by atoms with Crippen molar-refractivity contribution in [2.45, 2.75) is 33.7 Å². The monoisotopic (exact) mass is 221 g/mol. The zero-order valence-electron chi connectivity index (χ0n) is 10.2. The van der Waals surface area contributed by atoms with E-state index in [0.29, 0.717) is 11.1 Å². The molecule has 1 aliphatic heterocycles. The molecular weight excluding hydrogens is 202 g/mol. The molecule has 2 rings (SSSR count). The van der Waals surface area contributed by atoms with Crippen molar-refractivity contribution in [1.82, 2.24) is 15.1 Å². The Morgan fingerprint density at radius 2 is 2.25 bits per heavy atom. The van der Waals surface area contributed by atoms with Gasteiger partial charge >= 0.3 is 0 Å². The number of hydrogen-bond donors (Lipinski definition) is 1. The fourth-order valence-electron chi connectivity index (χ4n) is 2.28. The molecule has 0 aliphatic carbocycles. The van der Waals surface area contributed by atoms with Crippen LogP contribution in [-0.2, 0) is 13.0 Å². The zero-order chi connectivity index (χ0) is 11.8. The molecule has 1 aromatic heterocycles. The molecule has 88 valence electrons. The molecule has 0 radical (unpaired) electrons. The van der Waals surface area contributed by atoms with Gasteiger partial charge in [0.1, 0.15) is 5.69 Å². The van der Waals surface area contributed by atoms with E-state index in [1.54, 1.807) is 0 Å². The van der Waals surface area contributed by atoms with Crippen LogP contribution in [0.2, 0.25) is 0 Å². The first-order valence-corrected chi connectivity index (χ1v) is 5.73. The number of carbonyl (C=O) groups is 1. The summed E-state index contributed by atoms with van der Waals surface area (Å²) in [5.41, 5.74) is 3.09. The van der Waals surface area contributed by atoms with Crippen LogP contribution in [0.3, 0.4) is 0 Å². The molecule has 4 heteroatoms. The van der Waals surface area contributed by atoms with Crippen molar-refractivity contribution in [3.63, 3.8) is 0 Å². The van der Waals surface area contributed by atoms with Gasteiger partial charge in [-0.05, 0) is 5.41 Å². The highest BCUT2D eigenvalue weighted by atomic mass is 16.1. The van der Waals surface area contributed by atoms with Gasteiger partial charge in [0.2, 0.25) is 0 Å². The van der Waals surface area contributed by atoms with Crippen molar-refractivity contribution in [1.29, 1.82) is 0 Å². The number of rotatable bonds is 2. The number of nitrogens with one attached hydrogen (secondary N) is 1. The third kappa shape index (κ3) is 2.32. The number of aromatic amines is 1. The molecule has 0 saturated heterocycles.